The maximum absolute atomic E-state index is 5.95. The number of halogens is 1. The van der Waals surface area contributed by atoms with Crippen LogP contribution >= 0.6 is 11.6 Å². The topological polar surface area (TPSA) is 84.3 Å². The van der Waals surface area contributed by atoms with Crippen LogP contribution in [0.5, 0.6) is 0 Å². The molecule has 1 aliphatic rings. The van der Waals surface area contributed by atoms with Crippen molar-refractivity contribution in [1.29, 1.82) is 0 Å². The third-order valence-corrected chi connectivity index (χ3v) is 6.24. The summed E-state index contributed by atoms with van der Waals surface area (Å²) in [5.41, 5.74) is 3.05. The molecule has 0 aliphatic carbocycles. The predicted molar refractivity (Wildman–Crippen MR) is 124 cm³/mol. The number of aryl methyl sites for hydroxylation is 1. The molecule has 3 heterocycles. The molecule has 4 aromatic rings. The summed E-state index contributed by atoms with van der Waals surface area (Å²) in [4.78, 5) is 13.8. The van der Waals surface area contributed by atoms with Crippen molar-refractivity contribution in [2.75, 3.05) is 26.2 Å². The lowest BCUT2D eigenvalue weighted by Gasteiger charge is -2.36. The van der Waals surface area contributed by atoms with Crippen molar-refractivity contribution >= 4 is 11.6 Å². The molecule has 0 saturated carbocycles. The fraction of sp³-hybridized carbons (Fsp3) is 0.333. The van der Waals surface area contributed by atoms with Gasteiger partial charge in [0.15, 0.2) is 0 Å². The summed E-state index contributed by atoms with van der Waals surface area (Å²) in [5, 5.41) is 8.96. The van der Waals surface area contributed by atoms with E-state index in [1.807, 2.05) is 36.4 Å². The van der Waals surface area contributed by atoms with Gasteiger partial charge >= 0.3 is 0 Å². The Kier molecular flexibility index (Phi) is 6.22. The highest BCUT2D eigenvalue weighted by Crippen LogP contribution is 2.24. The number of nitrogens with zero attached hydrogens (tertiary/aromatic N) is 6. The average Bonchev–Trinajstić information content (AvgIpc) is 3.51. The first-order valence-electron chi connectivity index (χ1n) is 11.0. The summed E-state index contributed by atoms with van der Waals surface area (Å²) >= 11 is 5.95. The van der Waals surface area contributed by atoms with Gasteiger partial charge in [0.25, 0.3) is 0 Å². The van der Waals surface area contributed by atoms with Crippen molar-refractivity contribution in [3.05, 3.63) is 70.9 Å². The Balaban J connectivity index is 1.16. The molecule has 2 aromatic heterocycles. The lowest BCUT2D eigenvalue weighted by molar-refractivity contribution is 0.0785. The number of aromatic nitrogens is 4. The third-order valence-electron chi connectivity index (χ3n) is 5.99. The average molecular weight is 465 g/mol. The molecule has 8 nitrogen and oxygen atoms in total. The molecule has 5 rings (SSSR count). The maximum Gasteiger partial charge on any atom is 0.244 e. The van der Waals surface area contributed by atoms with Crippen molar-refractivity contribution in [1.82, 2.24) is 30.1 Å². The van der Waals surface area contributed by atoms with E-state index in [1.165, 1.54) is 5.56 Å². The number of rotatable bonds is 6. The highest BCUT2D eigenvalue weighted by atomic mass is 35.5. The summed E-state index contributed by atoms with van der Waals surface area (Å²) in [6.45, 7) is 8.36. The molecule has 1 saturated heterocycles. The van der Waals surface area contributed by atoms with Gasteiger partial charge in [0.05, 0.1) is 12.6 Å². The molecule has 0 spiro atoms. The van der Waals surface area contributed by atoms with Crippen molar-refractivity contribution in [2.45, 2.75) is 26.4 Å². The van der Waals surface area contributed by atoms with Gasteiger partial charge in [0.1, 0.15) is 0 Å². The fourth-order valence-electron chi connectivity index (χ4n) is 3.92. The van der Waals surface area contributed by atoms with Gasteiger partial charge in [-0.15, -0.1) is 0 Å². The largest absolute Gasteiger partial charge is 0.338 e. The lowest BCUT2D eigenvalue weighted by Crippen LogP contribution is -2.46. The molecule has 33 heavy (non-hydrogen) atoms. The number of benzene rings is 2. The second-order valence-electron chi connectivity index (χ2n) is 8.33. The zero-order valence-electron chi connectivity index (χ0n) is 18.6. The highest BCUT2D eigenvalue weighted by molar-refractivity contribution is 6.30. The molecule has 0 amide bonds. The molecule has 1 aliphatic heterocycles. The Morgan fingerprint density at radius 2 is 1.45 bits per heavy atom. The van der Waals surface area contributed by atoms with Crippen LogP contribution in [0.3, 0.4) is 0 Å². The molecular formula is C24H25ClN6O2. The number of hydrogen-bond donors (Lipinski definition) is 0. The summed E-state index contributed by atoms with van der Waals surface area (Å²) in [6, 6.07) is 15.6. The Morgan fingerprint density at radius 1 is 0.848 bits per heavy atom. The van der Waals surface area contributed by atoms with Crippen LogP contribution in [0, 0.1) is 6.92 Å². The predicted octanol–water partition coefficient (Wildman–Crippen LogP) is 4.63. The van der Waals surface area contributed by atoms with Gasteiger partial charge in [-0.2, -0.15) is 9.97 Å². The molecule has 0 unspecified atom stereocenters. The normalized spacial score (nSPS) is 16.2. The Labute approximate surface area is 197 Å². The summed E-state index contributed by atoms with van der Waals surface area (Å²) in [7, 11) is 0. The first-order chi connectivity index (χ1) is 16.0. The van der Waals surface area contributed by atoms with Gasteiger partial charge in [-0.1, -0.05) is 51.7 Å². The van der Waals surface area contributed by atoms with Crippen molar-refractivity contribution in [3.8, 4) is 22.8 Å². The van der Waals surface area contributed by atoms with E-state index in [4.69, 9.17) is 20.6 Å². The molecular weight excluding hydrogens is 440 g/mol. The van der Waals surface area contributed by atoms with Crippen molar-refractivity contribution in [3.63, 3.8) is 0 Å². The van der Waals surface area contributed by atoms with Crippen LogP contribution in [0.2, 0.25) is 5.02 Å². The second-order valence-corrected chi connectivity index (χ2v) is 8.77. The van der Waals surface area contributed by atoms with Gasteiger partial charge in [-0.3, -0.25) is 9.80 Å². The van der Waals surface area contributed by atoms with Gasteiger partial charge in [0.2, 0.25) is 23.4 Å². The van der Waals surface area contributed by atoms with Crippen LogP contribution in [0.25, 0.3) is 22.8 Å². The quantitative estimate of drug-likeness (QED) is 0.408. The van der Waals surface area contributed by atoms with E-state index in [1.54, 1.807) is 0 Å². The zero-order valence-corrected chi connectivity index (χ0v) is 19.4. The molecule has 0 N–H and O–H groups in total. The molecule has 170 valence electrons. The SMILES string of the molecule is Cc1ccc(-c2noc([C@H](C)N3CCN(Cc4nc(-c5ccc(Cl)cc5)no4)CC3)n2)cc1. The summed E-state index contributed by atoms with van der Waals surface area (Å²) in [6.07, 6.45) is 0. The minimum atomic E-state index is 0.0544. The maximum atomic E-state index is 5.95. The zero-order chi connectivity index (χ0) is 22.8. The molecule has 9 heteroatoms. The van der Waals surface area contributed by atoms with Crippen LogP contribution in [0.4, 0.5) is 0 Å². The van der Waals surface area contributed by atoms with E-state index < -0.39 is 0 Å². The van der Waals surface area contributed by atoms with Gasteiger partial charge < -0.3 is 9.05 Å². The molecule has 1 atom stereocenters. The van der Waals surface area contributed by atoms with E-state index >= 15 is 0 Å². The highest BCUT2D eigenvalue weighted by Gasteiger charge is 2.27. The number of hydrogen-bond acceptors (Lipinski definition) is 8. The molecule has 0 radical (unpaired) electrons. The van der Waals surface area contributed by atoms with Crippen LogP contribution in [-0.4, -0.2) is 56.3 Å². The number of piperazine rings is 1. The van der Waals surface area contributed by atoms with Crippen LogP contribution in [0.1, 0.15) is 30.3 Å². The first-order valence-corrected chi connectivity index (χ1v) is 11.4. The fourth-order valence-corrected chi connectivity index (χ4v) is 4.04. The van der Waals surface area contributed by atoms with Crippen LogP contribution in [0.15, 0.2) is 57.6 Å². The molecule has 2 aromatic carbocycles. The molecule has 1 fully saturated rings. The third kappa shape index (κ3) is 4.98. The Hall–Kier alpha value is -3.07. The summed E-state index contributed by atoms with van der Waals surface area (Å²) < 4.78 is 11.0. The minimum absolute atomic E-state index is 0.0544. The van der Waals surface area contributed by atoms with E-state index in [0.29, 0.717) is 35.0 Å². The van der Waals surface area contributed by atoms with Crippen LogP contribution < -0.4 is 0 Å². The van der Waals surface area contributed by atoms with Gasteiger partial charge in [-0.25, -0.2) is 0 Å². The standard InChI is InChI=1S/C24H25ClN6O2/c1-16-3-5-18(6-4-16)23-27-24(33-29-23)17(2)31-13-11-30(12-14-31)15-21-26-22(28-32-21)19-7-9-20(25)10-8-19/h3-10,17H,11-15H2,1-2H3/t17-/m0/s1. The van der Waals surface area contributed by atoms with Crippen molar-refractivity contribution < 1.29 is 9.05 Å². The van der Waals surface area contributed by atoms with E-state index in [-0.39, 0.29) is 6.04 Å². The van der Waals surface area contributed by atoms with E-state index in [2.05, 4.69) is 56.1 Å². The monoisotopic (exact) mass is 464 g/mol. The summed E-state index contributed by atoms with van der Waals surface area (Å²) in [5.74, 6) is 2.46. The van der Waals surface area contributed by atoms with E-state index in [0.717, 1.165) is 37.3 Å². The molecule has 0 bridgehead atoms. The smallest absolute Gasteiger partial charge is 0.244 e. The Bertz CT molecular complexity index is 1200. The minimum Gasteiger partial charge on any atom is -0.338 e. The van der Waals surface area contributed by atoms with E-state index in [9.17, 15) is 0 Å². The van der Waals surface area contributed by atoms with Gasteiger partial charge in [0, 0.05) is 42.3 Å². The van der Waals surface area contributed by atoms with Gasteiger partial charge in [-0.05, 0) is 38.1 Å². The van der Waals surface area contributed by atoms with Crippen molar-refractivity contribution in [2.24, 2.45) is 0 Å². The first kappa shape index (κ1) is 21.8. The van der Waals surface area contributed by atoms with Crippen LogP contribution in [-0.2, 0) is 6.54 Å². The lowest BCUT2D eigenvalue weighted by atomic mass is 10.1. The second kappa shape index (κ2) is 9.43. The Morgan fingerprint density at radius 3 is 2.15 bits per heavy atom.